The number of aryl methyl sites for hydroxylation is 1. The lowest BCUT2D eigenvalue weighted by atomic mass is 10.00. The quantitative estimate of drug-likeness (QED) is 0.621. The Morgan fingerprint density at radius 1 is 1.77 bits per heavy atom. The Bertz CT molecular complexity index is 317. The fourth-order valence-electron chi connectivity index (χ4n) is 0.967. The molecule has 1 unspecified atom stereocenters. The minimum Gasteiger partial charge on any atom is -0.479 e. The van der Waals surface area contributed by atoms with E-state index in [1.54, 1.807) is 6.92 Å². The summed E-state index contributed by atoms with van der Waals surface area (Å²) in [7, 11) is 0. The number of carboxylic acids is 1. The molecule has 3 N–H and O–H groups in total. The van der Waals surface area contributed by atoms with Gasteiger partial charge in [0.1, 0.15) is 0 Å². The van der Waals surface area contributed by atoms with Gasteiger partial charge < -0.3 is 15.2 Å². The van der Waals surface area contributed by atoms with Crippen LogP contribution in [0, 0.1) is 6.92 Å². The summed E-state index contributed by atoms with van der Waals surface area (Å²) >= 11 is 0. The normalized spacial score (nSPS) is 15.3. The van der Waals surface area contributed by atoms with E-state index in [-0.39, 0.29) is 6.42 Å². The SMILES string of the molecule is Cc1[nH]cnc1CC(C)(O)C(=O)O. The van der Waals surface area contributed by atoms with Gasteiger partial charge in [0.2, 0.25) is 0 Å². The van der Waals surface area contributed by atoms with Crippen molar-refractivity contribution in [1.29, 1.82) is 0 Å². The molecule has 0 fully saturated rings. The lowest BCUT2D eigenvalue weighted by Crippen LogP contribution is -2.37. The Hall–Kier alpha value is -1.36. The first-order valence-corrected chi connectivity index (χ1v) is 3.88. The first kappa shape index (κ1) is 9.73. The highest BCUT2D eigenvalue weighted by molar-refractivity contribution is 5.76. The number of aliphatic carboxylic acids is 1. The van der Waals surface area contributed by atoms with E-state index >= 15 is 0 Å². The van der Waals surface area contributed by atoms with Crippen LogP contribution in [-0.4, -0.2) is 31.8 Å². The Morgan fingerprint density at radius 3 is 2.77 bits per heavy atom. The van der Waals surface area contributed by atoms with Gasteiger partial charge in [0.25, 0.3) is 0 Å². The molecule has 1 rings (SSSR count). The zero-order valence-electron chi connectivity index (χ0n) is 7.53. The van der Waals surface area contributed by atoms with Crippen LogP contribution in [-0.2, 0) is 11.2 Å². The predicted molar refractivity (Wildman–Crippen MR) is 45.3 cm³/mol. The predicted octanol–water partition coefficient (Wildman–Crippen LogP) is 0.0962. The number of nitrogens with zero attached hydrogens (tertiary/aromatic N) is 1. The number of imidazole rings is 1. The number of hydrogen-bond acceptors (Lipinski definition) is 3. The summed E-state index contributed by atoms with van der Waals surface area (Å²) in [4.78, 5) is 17.3. The van der Waals surface area contributed by atoms with Gasteiger partial charge >= 0.3 is 5.97 Å². The van der Waals surface area contributed by atoms with Crippen LogP contribution in [0.15, 0.2) is 6.33 Å². The first-order chi connectivity index (χ1) is 5.93. The molecular formula is C8H12N2O3. The standard InChI is InChI=1S/C8H12N2O3/c1-5-6(10-4-9-5)3-8(2,13)7(11)12/h4,13H,3H2,1-2H3,(H,9,10)(H,11,12). The highest BCUT2D eigenvalue weighted by Gasteiger charge is 2.31. The van der Waals surface area contributed by atoms with E-state index in [1.807, 2.05) is 0 Å². The Balaban J connectivity index is 2.80. The van der Waals surface area contributed by atoms with Crippen molar-refractivity contribution in [3.63, 3.8) is 0 Å². The highest BCUT2D eigenvalue weighted by atomic mass is 16.4. The fourth-order valence-corrected chi connectivity index (χ4v) is 0.967. The van der Waals surface area contributed by atoms with Gasteiger partial charge in [-0.15, -0.1) is 0 Å². The molecule has 0 aromatic carbocycles. The summed E-state index contributed by atoms with van der Waals surface area (Å²) in [5, 5.41) is 18.1. The molecule has 1 aromatic heterocycles. The van der Waals surface area contributed by atoms with Crippen LogP contribution in [0.1, 0.15) is 18.3 Å². The maximum Gasteiger partial charge on any atom is 0.335 e. The molecule has 1 heterocycles. The number of rotatable bonds is 3. The van der Waals surface area contributed by atoms with E-state index in [2.05, 4.69) is 9.97 Å². The van der Waals surface area contributed by atoms with Crippen LogP contribution in [0.25, 0.3) is 0 Å². The summed E-state index contributed by atoms with van der Waals surface area (Å²) in [6.07, 6.45) is 1.49. The molecule has 0 aliphatic carbocycles. The third kappa shape index (κ3) is 2.06. The summed E-state index contributed by atoms with van der Waals surface area (Å²) in [6.45, 7) is 3.03. The molecule has 0 saturated carbocycles. The van der Waals surface area contributed by atoms with E-state index in [9.17, 15) is 9.90 Å². The van der Waals surface area contributed by atoms with Crippen molar-refractivity contribution in [2.24, 2.45) is 0 Å². The van der Waals surface area contributed by atoms with Crippen molar-refractivity contribution in [3.05, 3.63) is 17.7 Å². The van der Waals surface area contributed by atoms with Crippen LogP contribution < -0.4 is 0 Å². The number of aliphatic hydroxyl groups is 1. The van der Waals surface area contributed by atoms with E-state index in [0.717, 1.165) is 5.69 Å². The van der Waals surface area contributed by atoms with Crippen LogP contribution in [0.4, 0.5) is 0 Å². The minimum absolute atomic E-state index is 0.0116. The topological polar surface area (TPSA) is 86.2 Å². The second-order valence-electron chi connectivity index (χ2n) is 3.23. The van der Waals surface area contributed by atoms with Gasteiger partial charge in [0, 0.05) is 12.1 Å². The van der Waals surface area contributed by atoms with Crippen LogP contribution in [0.3, 0.4) is 0 Å². The first-order valence-electron chi connectivity index (χ1n) is 3.88. The van der Waals surface area contributed by atoms with Crippen LogP contribution in [0.5, 0.6) is 0 Å². The van der Waals surface area contributed by atoms with Crippen molar-refractivity contribution in [1.82, 2.24) is 9.97 Å². The second-order valence-corrected chi connectivity index (χ2v) is 3.23. The maximum absolute atomic E-state index is 10.6. The summed E-state index contributed by atoms with van der Waals surface area (Å²) < 4.78 is 0. The third-order valence-electron chi connectivity index (χ3n) is 1.91. The summed E-state index contributed by atoms with van der Waals surface area (Å²) in [5.41, 5.74) is -0.395. The van der Waals surface area contributed by atoms with Crippen molar-refractivity contribution in [2.75, 3.05) is 0 Å². The fraction of sp³-hybridized carbons (Fsp3) is 0.500. The number of aromatic amines is 1. The van der Waals surface area contributed by atoms with Crippen molar-refractivity contribution < 1.29 is 15.0 Å². The minimum atomic E-state index is -1.75. The van der Waals surface area contributed by atoms with Crippen molar-refractivity contribution in [2.45, 2.75) is 25.9 Å². The molecule has 0 bridgehead atoms. The number of carbonyl (C=O) groups is 1. The van der Waals surface area contributed by atoms with Crippen molar-refractivity contribution in [3.8, 4) is 0 Å². The van der Waals surface area contributed by atoms with E-state index in [4.69, 9.17) is 5.11 Å². The molecule has 5 heteroatoms. The zero-order chi connectivity index (χ0) is 10.1. The number of carboxylic acid groups (broad SMARTS) is 1. The largest absolute Gasteiger partial charge is 0.479 e. The Labute approximate surface area is 75.4 Å². The van der Waals surface area contributed by atoms with Gasteiger partial charge in [-0.05, 0) is 13.8 Å². The maximum atomic E-state index is 10.6. The molecule has 1 atom stereocenters. The van der Waals surface area contributed by atoms with E-state index in [1.165, 1.54) is 13.3 Å². The van der Waals surface area contributed by atoms with E-state index in [0.29, 0.717) is 5.69 Å². The molecule has 72 valence electrons. The smallest absolute Gasteiger partial charge is 0.335 e. The van der Waals surface area contributed by atoms with Gasteiger partial charge in [0.15, 0.2) is 5.60 Å². The third-order valence-corrected chi connectivity index (χ3v) is 1.91. The van der Waals surface area contributed by atoms with Crippen LogP contribution in [0.2, 0.25) is 0 Å². The highest BCUT2D eigenvalue weighted by Crippen LogP contribution is 2.13. The van der Waals surface area contributed by atoms with Crippen molar-refractivity contribution >= 4 is 5.97 Å². The number of H-pyrrole nitrogens is 1. The molecule has 0 aliphatic rings. The molecule has 0 spiro atoms. The lowest BCUT2D eigenvalue weighted by Gasteiger charge is -2.16. The Kier molecular flexibility index (Phi) is 2.38. The molecule has 13 heavy (non-hydrogen) atoms. The molecule has 1 aromatic rings. The monoisotopic (exact) mass is 184 g/mol. The van der Waals surface area contributed by atoms with Gasteiger partial charge in [-0.3, -0.25) is 0 Å². The Morgan fingerprint density at radius 2 is 2.38 bits per heavy atom. The lowest BCUT2D eigenvalue weighted by molar-refractivity contribution is -0.156. The zero-order valence-corrected chi connectivity index (χ0v) is 7.53. The number of aromatic nitrogens is 2. The number of hydrogen-bond donors (Lipinski definition) is 3. The molecule has 0 amide bonds. The summed E-state index contributed by atoms with van der Waals surface area (Å²) in [6, 6.07) is 0. The second kappa shape index (κ2) is 3.18. The van der Waals surface area contributed by atoms with E-state index < -0.39 is 11.6 Å². The molecule has 0 aliphatic heterocycles. The number of nitrogens with one attached hydrogen (secondary N) is 1. The van der Waals surface area contributed by atoms with Gasteiger partial charge in [-0.1, -0.05) is 0 Å². The van der Waals surface area contributed by atoms with Gasteiger partial charge in [-0.2, -0.15) is 0 Å². The molecular weight excluding hydrogens is 172 g/mol. The van der Waals surface area contributed by atoms with Crippen LogP contribution >= 0.6 is 0 Å². The van der Waals surface area contributed by atoms with Gasteiger partial charge in [-0.25, -0.2) is 9.78 Å². The average molecular weight is 184 g/mol. The van der Waals surface area contributed by atoms with Gasteiger partial charge in [0.05, 0.1) is 12.0 Å². The summed E-state index contributed by atoms with van der Waals surface area (Å²) in [5.74, 6) is -1.24. The molecule has 0 radical (unpaired) electrons. The molecule has 0 saturated heterocycles. The average Bonchev–Trinajstić information content (AvgIpc) is 2.35. The molecule has 5 nitrogen and oxygen atoms in total.